The van der Waals surface area contributed by atoms with Gasteiger partial charge in [0, 0.05) is 19.0 Å². The molecule has 22 heavy (non-hydrogen) atoms. The maximum atomic E-state index is 13.4. The standard InChI is InChI=1S/C16H16F2N2O2/c17-12-6-7-15(14(18)9-12)20-16(22)19-10-13(21)8-11-4-2-1-3-5-11/h1-7,9,13,21H,8,10H2,(H2,19,20,22). The highest BCUT2D eigenvalue weighted by atomic mass is 19.1. The summed E-state index contributed by atoms with van der Waals surface area (Å²) in [6.45, 7) is 0.0174. The lowest BCUT2D eigenvalue weighted by molar-refractivity contribution is 0.172. The van der Waals surface area contributed by atoms with Crippen molar-refractivity contribution in [3.8, 4) is 0 Å². The van der Waals surface area contributed by atoms with Crippen LogP contribution in [0.3, 0.4) is 0 Å². The number of hydrogen-bond donors (Lipinski definition) is 3. The van der Waals surface area contributed by atoms with Gasteiger partial charge in [-0.2, -0.15) is 0 Å². The molecule has 0 saturated carbocycles. The van der Waals surface area contributed by atoms with E-state index in [-0.39, 0.29) is 12.2 Å². The van der Waals surface area contributed by atoms with Crippen LogP contribution >= 0.6 is 0 Å². The molecule has 0 fully saturated rings. The Morgan fingerprint density at radius 2 is 1.86 bits per heavy atom. The summed E-state index contributed by atoms with van der Waals surface area (Å²) in [6, 6.07) is 11.5. The Kier molecular flexibility index (Phi) is 5.43. The summed E-state index contributed by atoms with van der Waals surface area (Å²) in [5.41, 5.74) is 0.818. The Balaban J connectivity index is 1.80. The number of benzene rings is 2. The van der Waals surface area contributed by atoms with Gasteiger partial charge in [0.2, 0.25) is 0 Å². The quantitative estimate of drug-likeness (QED) is 0.795. The van der Waals surface area contributed by atoms with Crippen LogP contribution in [0.5, 0.6) is 0 Å². The molecule has 2 aromatic carbocycles. The maximum Gasteiger partial charge on any atom is 0.319 e. The third-order valence-electron chi connectivity index (χ3n) is 2.99. The first-order valence-electron chi connectivity index (χ1n) is 6.76. The van der Waals surface area contributed by atoms with Crippen molar-refractivity contribution in [2.24, 2.45) is 0 Å². The van der Waals surface area contributed by atoms with Crippen LogP contribution in [0.15, 0.2) is 48.5 Å². The van der Waals surface area contributed by atoms with Crippen LogP contribution in [0.4, 0.5) is 19.3 Å². The van der Waals surface area contributed by atoms with E-state index >= 15 is 0 Å². The van der Waals surface area contributed by atoms with Crippen LogP contribution in [0, 0.1) is 11.6 Å². The molecule has 116 valence electrons. The van der Waals surface area contributed by atoms with Crippen LogP contribution in [-0.4, -0.2) is 23.8 Å². The summed E-state index contributed by atoms with van der Waals surface area (Å²) in [7, 11) is 0. The second-order valence-corrected chi connectivity index (χ2v) is 4.80. The van der Waals surface area contributed by atoms with Gasteiger partial charge in [-0.1, -0.05) is 30.3 Å². The van der Waals surface area contributed by atoms with Gasteiger partial charge in [0.05, 0.1) is 11.8 Å². The largest absolute Gasteiger partial charge is 0.391 e. The van der Waals surface area contributed by atoms with Gasteiger partial charge in [-0.25, -0.2) is 13.6 Å². The van der Waals surface area contributed by atoms with E-state index < -0.39 is 23.8 Å². The first-order valence-corrected chi connectivity index (χ1v) is 6.76. The second-order valence-electron chi connectivity index (χ2n) is 4.80. The highest BCUT2D eigenvalue weighted by Gasteiger charge is 2.10. The summed E-state index contributed by atoms with van der Waals surface area (Å²) in [5.74, 6) is -1.58. The van der Waals surface area contributed by atoms with Gasteiger partial charge in [0.25, 0.3) is 0 Å². The molecule has 2 aromatic rings. The molecule has 0 saturated heterocycles. The molecule has 0 aliphatic rings. The van der Waals surface area contributed by atoms with Gasteiger partial charge in [-0.15, -0.1) is 0 Å². The SMILES string of the molecule is O=C(NCC(O)Cc1ccccc1)Nc1ccc(F)cc1F. The first-order chi connectivity index (χ1) is 10.5. The minimum absolute atomic E-state index is 0.0174. The van der Waals surface area contributed by atoms with Gasteiger partial charge in [0.1, 0.15) is 11.6 Å². The van der Waals surface area contributed by atoms with Crippen LogP contribution < -0.4 is 10.6 Å². The number of rotatable bonds is 5. The summed E-state index contributed by atoms with van der Waals surface area (Å²) < 4.78 is 26.1. The number of hydrogen-bond acceptors (Lipinski definition) is 2. The molecule has 0 radical (unpaired) electrons. The number of anilines is 1. The maximum absolute atomic E-state index is 13.4. The molecule has 0 bridgehead atoms. The van der Waals surface area contributed by atoms with Crippen molar-refractivity contribution in [1.29, 1.82) is 0 Å². The predicted octanol–water partition coefficient (Wildman–Crippen LogP) is 2.69. The molecule has 0 aromatic heterocycles. The number of aliphatic hydroxyl groups is 1. The fraction of sp³-hybridized carbons (Fsp3) is 0.188. The molecule has 6 heteroatoms. The van der Waals surface area contributed by atoms with Gasteiger partial charge in [-0.3, -0.25) is 0 Å². The molecule has 0 spiro atoms. The number of urea groups is 1. The molecular formula is C16H16F2N2O2. The molecule has 1 unspecified atom stereocenters. The Labute approximate surface area is 126 Å². The van der Waals surface area contributed by atoms with E-state index in [0.29, 0.717) is 12.5 Å². The fourth-order valence-electron chi connectivity index (χ4n) is 1.93. The third kappa shape index (κ3) is 4.82. The Hall–Kier alpha value is -2.47. The number of carbonyl (C=O) groups is 1. The topological polar surface area (TPSA) is 61.4 Å². The highest BCUT2D eigenvalue weighted by Crippen LogP contribution is 2.14. The van der Waals surface area contributed by atoms with Gasteiger partial charge in [0.15, 0.2) is 0 Å². The van der Waals surface area contributed by atoms with Crippen molar-refractivity contribution in [1.82, 2.24) is 5.32 Å². The zero-order valence-electron chi connectivity index (χ0n) is 11.7. The first kappa shape index (κ1) is 15.9. The van der Waals surface area contributed by atoms with E-state index in [9.17, 15) is 18.7 Å². The zero-order chi connectivity index (χ0) is 15.9. The van der Waals surface area contributed by atoms with Crippen molar-refractivity contribution >= 4 is 11.7 Å². The lowest BCUT2D eigenvalue weighted by Gasteiger charge is -2.13. The van der Waals surface area contributed by atoms with Gasteiger partial charge in [-0.05, 0) is 17.7 Å². The molecule has 2 amide bonds. The molecule has 0 heterocycles. The third-order valence-corrected chi connectivity index (χ3v) is 2.99. The summed E-state index contributed by atoms with van der Waals surface area (Å²) in [5, 5.41) is 14.5. The van der Waals surface area contributed by atoms with Crippen molar-refractivity contribution < 1.29 is 18.7 Å². The predicted molar refractivity (Wildman–Crippen MR) is 79.5 cm³/mol. The van der Waals surface area contributed by atoms with Gasteiger partial charge >= 0.3 is 6.03 Å². The van der Waals surface area contributed by atoms with E-state index in [1.54, 1.807) is 0 Å². The zero-order valence-corrected chi connectivity index (χ0v) is 11.7. The lowest BCUT2D eigenvalue weighted by Crippen LogP contribution is -2.36. The highest BCUT2D eigenvalue weighted by molar-refractivity contribution is 5.89. The minimum atomic E-state index is -0.861. The van der Waals surface area contributed by atoms with Crippen molar-refractivity contribution in [3.05, 3.63) is 65.7 Å². The monoisotopic (exact) mass is 306 g/mol. The van der Waals surface area contributed by atoms with E-state index in [2.05, 4.69) is 10.6 Å². The molecule has 3 N–H and O–H groups in total. The van der Waals surface area contributed by atoms with Crippen molar-refractivity contribution in [2.75, 3.05) is 11.9 Å². The molecule has 2 rings (SSSR count). The van der Waals surface area contributed by atoms with E-state index in [1.807, 2.05) is 30.3 Å². The smallest absolute Gasteiger partial charge is 0.319 e. The number of amides is 2. The average Bonchev–Trinajstić information content (AvgIpc) is 2.49. The second kappa shape index (κ2) is 7.51. The van der Waals surface area contributed by atoms with E-state index in [1.165, 1.54) is 0 Å². The number of aliphatic hydroxyl groups excluding tert-OH is 1. The molecule has 0 aliphatic carbocycles. The molecule has 1 atom stereocenters. The summed E-state index contributed by atoms with van der Waals surface area (Å²) in [4.78, 5) is 11.6. The molecule has 4 nitrogen and oxygen atoms in total. The molecule has 0 aliphatic heterocycles. The van der Waals surface area contributed by atoms with Crippen molar-refractivity contribution in [2.45, 2.75) is 12.5 Å². The Morgan fingerprint density at radius 3 is 2.55 bits per heavy atom. The van der Waals surface area contributed by atoms with Crippen LogP contribution in [-0.2, 0) is 6.42 Å². The Bertz CT molecular complexity index is 635. The van der Waals surface area contributed by atoms with Gasteiger partial charge < -0.3 is 15.7 Å². The van der Waals surface area contributed by atoms with Crippen LogP contribution in [0.2, 0.25) is 0 Å². The summed E-state index contributed by atoms with van der Waals surface area (Å²) >= 11 is 0. The van der Waals surface area contributed by atoms with Crippen LogP contribution in [0.25, 0.3) is 0 Å². The number of carbonyl (C=O) groups excluding carboxylic acids is 1. The Morgan fingerprint density at radius 1 is 1.14 bits per heavy atom. The number of nitrogens with one attached hydrogen (secondary N) is 2. The average molecular weight is 306 g/mol. The normalized spacial score (nSPS) is 11.8. The van der Waals surface area contributed by atoms with E-state index in [4.69, 9.17) is 0 Å². The minimum Gasteiger partial charge on any atom is -0.391 e. The molecular weight excluding hydrogens is 290 g/mol. The number of halogens is 2. The fourth-order valence-corrected chi connectivity index (χ4v) is 1.93. The lowest BCUT2D eigenvalue weighted by atomic mass is 10.1. The van der Waals surface area contributed by atoms with Crippen molar-refractivity contribution in [3.63, 3.8) is 0 Å². The van der Waals surface area contributed by atoms with E-state index in [0.717, 1.165) is 17.7 Å². The summed E-state index contributed by atoms with van der Waals surface area (Å²) in [6.07, 6.45) is -0.363. The van der Waals surface area contributed by atoms with Crippen LogP contribution in [0.1, 0.15) is 5.56 Å².